The van der Waals surface area contributed by atoms with Crippen LogP contribution < -0.4 is 5.32 Å². The standard InChI is InChI=1S/C17H32N2O/c1-3-5-13-6-9-16(18-4-2)17(10-13)19-11-14-7-8-15(12-19)20-14/h13-18H,3-12H2,1-2H3. The second-order valence-corrected chi connectivity index (χ2v) is 7.11. The van der Waals surface area contributed by atoms with Crippen molar-refractivity contribution in [2.45, 2.75) is 83.1 Å². The highest BCUT2D eigenvalue weighted by Crippen LogP contribution is 2.35. The minimum atomic E-state index is 0.530. The molecule has 0 aromatic rings. The van der Waals surface area contributed by atoms with E-state index in [4.69, 9.17) is 4.74 Å². The number of likely N-dealkylation sites (tertiary alicyclic amines) is 1. The lowest BCUT2D eigenvalue weighted by molar-refractivity contribution is -0.0658. The van der Waals surface area contributed by atoms with Crippen molar-refractivity contribution in [1.29, 1.82) is 0 Å². The predicted molar refractivity (Wildman–Crippen MR) is 83.0 cm³/mol. The molecule has 5 unspecified atom stereocenters. The Morgan fingerprint density at radius 1 is 1.05 bits per heavy atom. The molecule has 3 rings (SSSR count). The summed E-state index contributed by atoms with van der Waals surface area (Å²) in [6, 6.07) is 1.47. The fourth-order valence-electron chi connectivity index (χ4n) is 4.72. The van der Waals surface area contributed by atoms with Crippen LogP contribution in [-0.2, 0) is 4.74 Å². The van der Waals surface area contributed by atoms with E-state index in [-0.39, 0.29) is 0 Å². The van der Waals surface area contributed by atoms with Crippen LogP contribution in [0.25, 0.3) is 0 Å². The van der Waals surface area contributed by atoms with Crippen molar-refractivity contribution in [2.24, 2.45) is 5.92 Å². The molecule has 1 N–H and O–H groups in total. The quantitative estimate of drug-likeness (QED) is 0.838. The Hall–Kier alpha value is -0.120. The fourth-order valence-corrected chi connectivity index (χ4v) is 4.72. The Balaban J connectivity index is 1.65. The van der Waals surface area contributed by atoms with Gasteiger partial charge in [0.2, 0.25) is 0 Å². The molecule has 2 bridgehead atoms. The van der Waals surface area contributed by atoms with Gasteiger partial charge in [0.15, 0.2) is 0 Å². The third kappa shape index (κ3) is 3.20. The molecule has 116 valence electrons. The summed E-state index contributed by atoms with van der Waals surface area (Å²) in [6.45, 7) is 8.05. The van der Waals surface area contributed by atoms with Gasteiger partial charge >= 0.3 is 0 Å². The van der Waals surface area contributed by atoms with Gasteiger partial charge in [0, 0.05) is 25.2 Å². The largest absolute Gasteiger partial charge is 0.372 e. The number of rotatable bonds is 5. The highest BCUT2D eigenvalue weighted by Gasteiger charge is 2.40. The van der Waals surface area contributed by atoms with E-state index in [9.17, 15) is 0 Å². The van der Waals surface area contributed by atoms with Crippen molar-refractivity contribution in [3.63, 3.8) is 0 Å². The lowest BCUT2D eigenvalue weighted by Crippen LogP contribution is -2.57. The first-order chi connectivity index (χ1) is 9.80. The Labute approximate surface area is 124 Å². The van der Waals surface area contributed by atoms with Gasteiger partial charge in [-0.2, -0.15) is 0 Å². The maximum atomic E-state index is 6.03. The number of likely N-dealkylation sites (N-methyl/N-ethyl adjacent to an activating group) is 1. The molecule has 0 spiro atoms. The van der Waals surface area contributed by atoms with Gasteiger partial charge in [-0.3, -0.25) is 4.90 Å². The van der Waals surface area contributed by atoms with Crippen LogP contribution in [0.3, 0.4) is 0 Å². The average Bonchev–Trinajstić information content (AvgIpc) is 2.80. The van der Waals surface area contributed by atoms with E-state index >= 15 is 0 Å². The van der Waals surface area contributed by atoms with Gasteiger partial charge in [0.05, 0.1) is 12.2 Å². The highest BCUT2D eigenvalue weighted by atomic mass is 16.5. The van der Waals surface area contributed by atoms with Gasteiger partial charge in [0.25, 0.3) is 0 Å². The van der Waals surface area contributed by atoms with E-state index in [2.05, 4.69) is 24.1 Å². The molecule has 2 aliphatic heterocycles. The van der Waals surface area contributed by atoms with E-state index < -0.39 is 0 Å². The third-order valence-electron chi connectivity index (χ3n) is 5.63. The topological polar surface area (TPSA) is 24.5 Å². The molecule has 20 heavy (non-hydrogen) atoms. The lowest BCUT2D eigenvalue weighted by Gasteiger charge is -2.46. The maximum absolute atomic E-state index is 6.03. The van der Waals surface area contributed by atoms with Gasteiger partial charge in [-0.25, -0.2) is 0 Å². The van der Waals surface area contributed by atoms with E-state index in [1.54, 1.807) is 0 Å². The zero-order chi connectivity index (χ0) is 13.9. The van der Waals surface area contributed by atoms with Gasteiger partial charge in [-0.05, 0) is 44.6 Å². The summed E-state index contributed by atoms with van der Waals surface area (Å²) in [7, 11) is 0. The zero-order valence-corrected chi connectivity index (χ0v) is 13.3. The van der Waals surface area contributed by atoms with E-state index in [1.807, 2.05) is 0 Å². The molecule has 0 aromatic carbocycles. The van der Waals surface area contributed by atoms with Crippen LogP contribution in [0.2, 0.25) is 0 Å². The summed E-state index contributed by atoms with van der Waals surface area (Å²) < 4.78 is 6.03. The first-order valence-corrected chi connectivity index (χ1v) is 8.93. The molecule has 1 saturated carbocycles. The lowest BCUT2D eigenvalue weighted by atomic mass is 9.79. The summed E-state index contributed by atoms with van der Waals surface area (Å²) >= 11 is 0. The summed E-state index contributed by atoms with van der Waals surface area (Å²) in [6.07, 6.45) is 10.6. The molecule has 2 saturated heterocycles. The van der Waals surface area contributed by atoms with Crippen molar-refractivity contribution >= 4 is 0 Å². The molecule has 0 radical (unpaired) electrons. The van der Waals surface area contributed by atoms with Crippen molar-refractivity contribution in [3.8, 4) is 0 Å². The molecule has 3 heteroatoms. The maximum Gasteiger partial charge on any atom is 0.0707 e. The van der Waals surface area contributed by atoms with Crippen molar-refractivity contribution in [2.75, 3.05) is 19.6 Å². The van der Waals surface area contributed by atoms with Gasteiger partial charge in [-0.15, -0.1) is 0 Å². The van der Waals surface area contributed by atoms with E-state index in [0.29, 0.717) is 18.2 Å². The molecule has 5 atom stereocenters. The van der Waals surface area contributed by atoms with Gasteiger partial charge < -0.3 is 10.1 Å². The zero-order valence-electron chi connectivity index (χ0n) is 13.3. The Kier molecular flexibility index (Phi) is 5.00. The first-order valence-electron chi connectivity index (χ1n) is 8.93. The number of fused-ring (bicyclic) bond motifs is 2. The van der Waals surface area contributed by atoms with Crippen molar-refractivity contribution < 1.29 is 4.74 Å². The van der Waals surface area contributed by atoms with Crippen LogP contribution >= 0.6 is 0 Å². The summed E-state index contributed by atoms with van der Waals surface area (Å²) in [5.41, 5.74) is 0. The summed E-state index contributed by atoms with van der Waals surface area (Å²) in [4.78, 5) is 2.78. The van der Waals surface area contributed by atoms with Crippen LogP contribution in [0.1, 0.15) is 58.8 Å². The monoisotopic (exact) mass is 280 g/mol. The smallest absolute Gasteiger partial charge is 0.0707 e. The molecular weight excluding hydrogens is 248 g/mol. The number of hydrogen-bond donors (Lipinski definition) is 1. The van der Waals surface area contributed by atoms with Crippen LogP contribution in [0.15, 0.2) is 0 Å². The Bertz CT molecular complexity index is 297. The number of ether oxygens (including phenoxy) is 1. The third-order valence-corrected chi connectivity index (χ3v) is 5.63. The second kappa shape index (κ2) is 6.76. The SMILES string of the molecule is CCCC1CCC(NCC)C(N2CC3CCC(C2)O3)C1. The molecular formula is C17H32N2O. The minimum absolute atomic E-state index is 0.530. The minimum Gasteiger partial charge on any atom is -0.372 e. The molecule has 3 fully saturated rings. The summed E-state index contributed by atoms with van der Waals surface area (Å²) in [5, 5.41) is 3.76. The van der Waals surface area contributed by atoms with Gasteiger partial charge in [0.1, 0.15) is 0 Å². The van der Waals surface area contributed by atoms with E-state index in [0.717, 1.165) is 18.5 Å². The summed E-state index contributed by atoms with van der Waals surface area (Å²) in [5.74, 6) is 0.959. The molecule has 0 aromatic heterocycles. The van der Waals surface area contributed by atoms with Gasteiger partial charge in [-0.1, -0.05) is 26.7 Å². The molecule has 2 heterocycles. The van der Waals surface area contributed by atoms with Crippen molar-refractivity contribution in [3.05, 3.63) is 0 Å². The Morgan fingerprint density at radius 3 is 2.45 bits per heavy atom. The van der Waals surface area contributed by atoms with Crippen LogP contribution in [0.4, 0.5) is 0 Å². The first kappa shape index (κ1) is 14.8. The average molecular weight is 280 g/mol. The fraction of sp³-hybridized carbons (Fsp3) is 1.00. The number of nitrogens with zero attached hydrogens (tertiary/aromatic N) is 1. The van der Waals surface area contributed by atoms with Crippen LogP contribution in [0.5, 0.6) is 0 Å². The molecule has 3 aliphatic rings. The Morgan fingerprint density at radius 2 is 1.80 bits per heavy atom. The van der Waals surface area contributed by atoms with Crippen LogP contribution in [0, 0.1) is 5.92 Å². The van der Waals surface area contributed by atoms with Crippen molar-refractivity contribution in [1.82, 2.24) is 10.2 Å². The number of morpholine rings is 1. The van der Waals surface area contributed by atoms with Crippen LogP contribution in [-0.4, -0.2) is 48.8 Å². The second-order valence-electron chi connectivity index (χ2n) is 7.11. The molecule has 1 aliphatic carbocycles. The molecule has 3 nitrogen and oxygen atoms in total. The number of nitrogens with one attached hydrogen (secondary N) is 1. The normalized spacial score (nSPS) is 42.0. The number of hydrogen-bond acceptors (Lipinski definition) is 3. The van der Waals surface area contributed by atoms with E-state index in [1.165, 1.54) is 58.0 Å². The molecule has 0 amide bonds. The highest BCUT2D eigenvalue weighted by molar-refractivity contribution is 4.95. The predicted octanol–water partition coefficient (Wildman–Crippen LogP) is 2.80.